The minimum absolute atomic E-state index is 0.0588. The smallest absolute Gasteiger partial charge is 0.243 e. The van der Waals surface area contributed by atoms with Gasteiger partial charge in [-0.3, -0.25) is 4.79 Å². The fraction of sp³-hybridized carbons (Fsp3) is 0.682. The fourth-order valence-corrected chi connectivity index (χ4v) is 5.87. The Morgan fingerprint density at radius 1 is 1.13 bits per heavy atom. The van der Waals surface area contributed by atoms with Gasteiger partial charge in [0.25, 0.3) is 0 Å². The van der Waals surface area contributed by atoms with E-state index in [9.17, 15) is 13.2 Å². The van der Waals surface area contributed by atoms with E-state index in [1.165, 1.54) is 23.7 Å². The van der Waals surface area contributed by atoms with E-state index < -0.39 is 10.0 Å². The number of piperidine rings is 2. The lowest BCUT2D eigenvalue weighted by Crippen LogP contribution is -2.43. The highest BCUT2D eigenvalue weighted by molar-refractivity contribution is 7.89. The van der Waals surface area contributed by atoms with Crippen LogP contribution >= 0.6 is 0 Å². The Bertz CT molecular complexity index is 789. The molecule has 168 valence electrons. The largest absolute Gasteiger partial charge is 0.497 e. The van der Waals surface area contributed by atoms with Crippen molar-refractivity contribution < 1.29 is 17.9 Å². The van der Waals surface area contributed by atoms with Gasteiger partial charge in [-0.2, -0.15) is 4.31 Å². The number of hydrogen-bond donors (Lipinski definition) is 1. The molecule has 2 aliphatic heterocycles. The molecule has 30 heavy (non-hydrogen) atoms. The first-order chi connectivity index (χ1) is 14.4. The fourth-order valence-electron chi connectivity index (χ4n) is 4.40. The van der Waals surface area contributed by atoms with Crippen LogP contribution in [-0.2, 0) is 14.8 Å². The van der Waals surface area contributed by atoms with Crippen LogP contribution in [-0.4, -0.2) is 69.9 Å². The third-order valence-corrected chi connectivity index (χ3v) is 8.13. The Morgan fingerprint density at radius 2 is 1.83 bits per heavy atom. The van der Waals surface area contributed by atoms with Gasteiger partial charge < -0.3 is 15.0 Å². The maximum atomic E-state index is 12.8. The first-order valence-electron chi connectivity index (χ1n) is 11.0. The van der Waals surface area contributed by atoms with Gasteiger partial charge in [0.05, 0.1) is 12.0 Å². The number of nitrogens with zero attached hydrogens (tertiary/aromatic N) is 2. The number of benzene rings is 1. The van der Waals surface area contributed by atoms with Crippen LogP contribution in [0.25, 0.3) is 0 Å². The van der Waals surface area contributed by atoms with E-state index in [0.717, 1.165) is 25.4 Å². The van der Waals surface area contributed by atoms with Gasteiger partial charge in [0.1, 0.15) is 5.75 Å². The number of likely N-dealkylation sites (tertiary alicyclic amines) is 1. The first-order valence-corrected chi connectivity index (χ1v) is 12.5. The monoisotopic (exact) mass is 437 g/mol. The Kier molecular flexibility index (Phi) is 8.13. The molecule has 0 aromatic heterocycles. The number of carbonyl (C=O) groups excluding carboxylic acids is 1. The molecule has 0 radical (unpaired) electrons. The average molecular weight is 438 g/mol. The van der Waals surface area contributed by atoms with Crippen LogP contribution in [0.5, 0.6) is 5.75 Å². The van der Waals surface area contributed by atoms with Crippen molar-refractivity contribution in [3.8, 4) is 5.75 Å². The molecule has 2 heterocycles. The standard InChI is InChI=1S/C22H35N3O4S/c1-18-5-3-13-24(17-18)14-4-12-23-22(26)19-10-15-25(16-11-19)30(27,28)21-8-6-20(29-2)7-9-21/h6-9,18-19H,3-5,10-17H2,1-2H3,(H,23,26)/t18-/m0/s1. The van der Waals surface area contributed by atoms with E-state index in [4.69, 9.17) is 4.74 Å². The van der Waals surface area contributed by atoms with Crippen LogP contribution in [0.4, 0.5) is 0 Å². The van der Waals surface area contributed by atoms with E-state index in [1.54, 1.807) is 31.4 Å². The number of rotatable bonds is 8. The molecule has 0 unspecified atom stereocenters. The second kappa shape index (κ2) is 10.6. The van der Waals surface area contributed by atoms with Crippen LogP contribution in [0.1, 0.15) is 39.0 Å². The van der Waals surface area contributed by atoms with Gasteiger partial charge in [-0.05, 0) is 75.4 Å². The molecule has 1 amide bonds. The Labute approximate surface area is 180 Å². The van der Waals surface area contributed by atoms with E-state index in [1.807, 2.05) is 0 Å². The number of hydrogen-bond acceptors (Lipinski definition) is 5. The van der Waals surface area contributed by atoms with Crippen LogP contribution in [0, 0.1) is 11.8 Å². The maximum Gasteiger partial charge on any atom is 0.243 e. The number of ether oxygens (including phenoxy) is 1. The molecule has 1 aromatic carbocycles. The summed E-state index contributed by atoms with van der Waals surface area (Å²) < 4.78 is 32.2. The predicted octanol–water partition coefficient (Wildman–Crippen LogP) is 2.33. The van der Waals surface area contributed by atoms with Crippen molar-refractivity contribution in [3.05, 3.63) is 24.3 Å². The number of methoxy groups -OCH3 is 1. The van der Waals surface area contributed by atoms with E-state index in [2.05, 4.69) is 17.1 Å². The third-order valence-electron chi connectivity index (χ3n) is 6.21. The molecule has 8 heteroatoms. The molecule has 0 saturated carbocycles. The summed E-state index contributed by atoms with van der Waals surface area (Å²) in [5.74, 6) is 1.35. The molecule has 0 spiro atoms. The molecule has 0 aliphatic carbocycles. The highest BCUT2D eigenvalue weighted by atomic mass is 32.2. The van der Waals surface area contributed by atoms with Crippen molar-refractivity contribution in [3.63, 3.8) is 0 Å². The summed E-state index contributed by atoms with van der Waals surface area (Å²) in [6.45, 7) is 7.09. The molecule has 0 bridgehead atoms. The van der Waals surface area contributed by atoms with Crippen LogP contribution in [0.15, 0.2) is 29.2 Å². The van der Waals surface area contributed by atoms with Gasteiger partial charge in [0.15, 0.2) is 0 Å². The minimum Gasteiger partial charge on any atom is -0.497 e. The number of sulfonamides is 1. The summed E-state index contributed by atoms with van der Waals surface area (Å²) in [4.78, 5) is 15.2. The zero-order chi connectivity index (χ0) is 21.6. The Hall–Kier alpha value is -1.64. The maximum absolute atomic E-state index is 12.8. The summed E-state index contributed by atoms with van der Waals surface area (Å²) in [5, 5.41) is 3.05. The van der Waals surface area contributed by atoms with Crippen LogP contribution in [0.2, 0.25) is 0 Å². The molecule has 1 N–H and O–H groups in total. The highest BCUT2D eigenvalue weighted by Crippen LogP contribution is 2.25. The Morgan fingerprint density at radius 3 is 2.47 bits per heavy atom. The molecule has 1 aromatic rings. The van der Waals surface area contributed by atoms with Gasteiger partial charge in [-0.1, -0.05) is 6.92 Å². The molecule has 2 fully saturated rings. The van der Waals surface area contributed by atoms with Crippen molar-refractivity contribution in [2.45, 2.75) is 43.9 Å². The van der Waals surface area contributed by atoms with Crippen molar-refractivity contribution in [2.75, 3.05) is 46.4 Å². The van der Waals surface area contributed by atoms with E-state index in [-0.39, 0.29) is 16.7 Å². The minimum atomic E-state index is -3.53. The highest BCUT2D eigenvalue weighted by Gasteiger charge is 2.32. The normalized spacial score (nSPS) is 22.0. The van der Waals surface area contributed by atoms with Gasteiger partial charge in [0.2, 0.25) is 15.9 Å². The SMILES string of the molecule is COc1ccc(S(=O)(=O)N2CCC(C(=O)NCCCN3CCC[C@H](C)C3)CC2)cc1. The summed E-state index contributed by atoms with van der Waals surface area (Å²) in [7, 11) is -1.98. The van der Waals surface area contributed by atoms with Crippen molar-refractivity contribution in [1.82, 2.24) is 14.5 Å². The molecular formula is C22H35N3O4S. The first kappa shape index (κ1) is 23.0. The summed E-state index contributed by atoms with van der Waals surface area (Å²) >= 11 is 0. The van der Waals surface area contributed by atoms with Crippen LogP contribution in [0.3, 0.4) is 0 Å². The molecule has 7 nitrogen and oxygen atoms in total. The van der Waals surface area contributed by atoms with Gasteiger partial charge >= 0.3 is 0 Å². The summed E-state index contributed by atoms with van der Waals surface area (Å²) in [6, 6.07) is 6.43. The van der Waals surface area contributed by atoms with E-state index in [0.29, 0.717) is 38.2 Å². The van der Waals surface area contributed by atoms with Crippen LogP contribution < -0.4 is 10.1 Å². The molecule has 2 aliphatic rings. The second-order valence-corrected chi connectivity index (χ2v) is 10.5. The summed E-state index contributed by atoms with van der Waals surface area (Å²) in [6.07, 6.45) is 4.67. The van der Waals surface area contributed by atoms with Gasteiger partial charge in [0, 0.05) is 32.1 Å². The summed E-state index contributed by atoms with van der Waals surface area (Å²) in [5.41, 5.74) is 0. The second-order valence-electron chi connectivity index (χ2n) is 8.55. The van der Waals surface area contributed by atoms with Gasteiger partial charge in [-0.15, -0.1) is 0 Å². The van der Waals surface area contributed by atoms with Gasteiger partial charge in [-0.25, -0.2) is 8.42 Å². The lowest BCUT2D eigenvalue weighted by atomic mass is 9.97. The number of amides is 1. The molecule has 3 rings (SSSR count). The Balaban J connectivity index is 1.40. The zero-order valence-corrected chi connectivity index (χ0v) is 19.0. The molecule has 1 atom stereocenters. The molecular weight excluding hydrogens is 402 g/mol. The molecule has 2 saturated heterocycles. The zero-order valence-electron chi connectivity index (χ0n) is 18.2. The predicted molar refractivity (Wildman–Crippen MR) is 117 cm³/mol. The lowest BCUT2D eigenvalue weighted by molar-refractivity contribution is -0.126. The third kappa shape index (κ3) is 5.95. The quantitative estimate of drug-likeness (QED) is 0.632. The average Bonchev–Trinajstić information content (AvgIpc) is 2.77. The number of carbonyl (C=O) groups is 1. The lowest BCUT2D eigenvalue weighted by Gasteiger charge is -2.31. The van der Waals surface area contributed by atoms with Crippen molar-refractivity contribution in [1.29, 1.82) is 0 Å². The van der Waals surface area contributed by atoms with Crippen molar-refractivity contribution in [2.24, 2.45) is 11.8 Å². The topological polar surface area (TPSA) is 79.0 Å². The number of nitrogens with one attached hydrogen (secondary N) is 1. The van der Waals surface area contributed by atoms with E-state index >= 15 is 0 Å². The van der Waals surface area contributed by atoms with Crippen molar-refractivity contribution >= 4 is 15.9 Å².